The van der Waals surface area contributed by atoms with Gasteiger partial charge in [0.05, 0.1) is 27.9 Å². The molecule has 0 spiro atoms. The van der Waals surface area contributed by atoms with Crippen LogP contribution in [0.1, 0.15) is 22.0 Å². The molecule has 2 aromatic rings. The third kappa shape index (κ3) is 4.42. The molecule has 2 rings (SSSR count). The van der Waals surface area contributed by atoms with E-state index in [-0.39, 0.29) is 28.7 Å². The highest BCUT2D eigenvalue weighted by atomic mass is 16.6. The topological polar surface area (TPSA) is 115 Å². The Labute approximate surface area is 156 Å². The van der Waals surface area contributed by atoms with Gasteiger partial charge >= 0.3 is 0 Å². The lowest BCUT2D eigenvalue weighted by Gasteiger charge is -2.25. The molecule has 3 N–H and O–H groups in total. The van der Waals surface area contributed by atoms with Crippen molar-refractivity contribution >= 4 is 6.29 Å². The van der Waals surface area contributed by atoms with Crippen LogP contribution in [0.3, 0.4) is 0 Å². The van der Waals surface area contributed by atoms with Crippen molar-refractivity contribution in [2.45, 2.75) is 12.2 Å². The Kier molecular flexibility index (Phi) is 6.86. The minimum Gasteiger partial charge on any atom is -0.504 e. The van der Waals surface area contributed by atoms with Crippen molar-refractivity contribution in [2.75, 3.05) is 27.9 Å². The molecule has 8 nitrogen and oxygen atoms in total. The van der Waals surface area contributed by atoms with Crippen molar-refractivity contribution in [3.63, 3.8) is 0 Å². The summed E-state index contributed by atoms with van der Waals surface area (Å²) in [5.74, 6) is 0.654. The van der Waals surface area contributed by atoms with E-state index in [1.54, 1.807) is 0 Å². The average Bonchev–Trinajstić information content (AvgIpc) is 2.71. The van der Waals surface area contributed by atoms with Crippen molar-refractivity contribution in [3.05, 3.63) is 41.5 Å². The molecule has 0 bridgehead atoms. The maximum Gasteiger partial charge on any atom is 0.204 e. The number of benzene rings is 2. The first kappa shape index (κ1) is 20.3. The van der Waals surface area contributed by atoms with E-state index in [1.807, 2.05) is 0 Å². The van der Waals surface area contributed by atoms with Crippen molar-refractivity contribution in [1.82, 2.24) is 0 Å². The van der Waals surface area contributed by atoms with Crippen LogP contribution in [0.25, 0.3) is 0 Å². The van der Waals surface area contributed by atoms with Gasteiger partial charge in [-0.15, -0.1) is 0 Å². The van der Waals surface area contributed by atoms with Gasteiger partial charge in [0, 0.05) is 5.56 Å². The van der Waals surface area contributed by atoms with Crippen LogP contribution in [0, 0.1) is 0 Å². The fourth-order valence-corrected chi connectivity index (χ4v) is 2.53. The summed E-state index contributed by atoms with van der Waals surface area (Å²) in [5.41, 5.74) is 0.687. The molecule has 0 aliphatic rings. The largest absolute Gasteiger partial charge is 0.504 e. The Morgan fingerprint density at radius 2 is 1.59 bits per heavy atom. The number of ether oxygens (including phenoxy) is 4. The molecule has 146 valence electrons. The van der Waals surface area contributed by atoms with E-state index < -0.39 is 18.8 Å². The van der Waals surface area contributed by atoms with Crippen LogP contribution in [0.5, 0.6) is 28.7 Å². The molecule has 2 atom stereocenters. The Morgan fingerprint density at radius 3 is 2.07 bits per heavy atom. The zero-order valence-corrected chi connectivity index (χ0v) is 15.2. The summed E-state index contributed by atoms with van der Waals surface area (Å²) in [7, 11) is 4.17. The number of methoxy groups -OCH3 is 3. The summed E-state index contributed by atoms with van der Waals surface area (Å²) in [6.45, 7) is -0.522. The third-order valence-corrected chi connectivity index (χ3v) is 3.97. The quantitative estimate of drug-likeness (QED) is 0.565. The molecule has 0 radical (unpaired) electrons. The first-order chi connectivity index (χ1) is 13.0. The molecule has 0 aliphatic heterocycles. The lowest BCUT2D eigenvalue weighted by atomic mass is 10.0. The number of phenolic OH excluding ortho intramolecular Hbond substituents is 1. The van der Waals surface area contributed by atoms with Gasteiger partial charge in [0.1, 0.15) is 12.4 Å². The number of hydrogen-bond donors (Lipinski definition) is 3. The van der Waals surface area contributed by atoms with Crippen molar-refractivity contribution < 1.29 is 39.1 Å². The highest BCUT2D eigenvalue weighted by Gasteiger charge is 2.26. The second-order valence-corrected chi connectivity index (χ2v) is 5.59. The molecule has 2 aromatic carbocycles. The van der Waals surface area contributed by atoms with Gasteiger partial charge in [0.2, 0.25) is 5.75 Å². The normalized spacial score (nSPS) is 12.8. The number of aldehydes is 1. The fraction of sp³-hybridized carbons (Fsp3) is 0.316. The number of aromatic hydroxyl groups is 1. The molecule has 0 saturated carbocycles. The SMILES string of the molecule is COc1cc(C(O)C(CO)Oc2c(OC)cc(C=O)cc2OC)ccc1O. The maximum absolute atomic E-state index is 11.0. The molecule has 0 amide bonds. The van der Waals surface area contributed by atoms with Crippen molar-refractivity contribution in [3.8, 4) is 28.7 Å². The predicted octanol–water partition coefficient (Wildman–Crippen LogP) is 1.70. The highest BCUT2D eigenvalue weighted by Crippen LogP contribution is 2.40. The van der Waals surface area contributed by atoms with Gasteiger partial charge < -0.3 is 34.3 Å². The van der Waals surface area contributed by atoms with E-state index in [4.69, 9.17) is 18.9 Å². The van der Waals surface area contributed by atoms with E-state index in [9.17, 15) is 20.1 Å². The smallest absolute Gasteiger partial charge is 0.204 e. The second kappa shape index (κ2) is 9.11. The van der Waals surface area contributed by atoms with Crippen molar-refractivity contribution in [2.24, 2.45) is 0 Å². The fourth-order valence-electron chi connectivity index (χ4n) is 2.53. The molecule has 2 unspecified atom stereocenters. The summed E-state index contributed by atoms with van der Waals surface area (Å²) in [6, 6.07) is 7.20. The Hall–Kier alpha value is -2.97. The van der Waals surface area contributed by atoms with E-state index in [1.165, 1.54) is 51.7 Å². The van der Waals surface area contributed by atoms with E-state index >= 15 is 0 Å². The zero-order valence-electron chi connectivity index (χ0n) is 15.2. The summed E-state index contributed by atoms with van der Waals surface area (Å²) in [4.78, 5) is 11.0. The number of carbonyl (C=O) groups is 1. The standard InChI is InChI=1S/C19H22O8/c1-24-14-8-12(4-5-13(14)22)18(23)17(10-21)27-19-15(25-2)6-11(9-20)7-16(19)26-3/h4-9,17-18,21-23H,10H2,1-3H3. The minimum atomic E-state index is -1.25. The molecule has 0 heterocycles. The Morgan fingerprint density at radius 1 is 1.00 bits per heavy atom. The van der Waals surface area contributed by atoms with Crippen LogP contribution in [0.4, 0.5) is 0 Å². The molecule has 0 fully saturated rings. The van der Waals surface area contributed by atoms with E-state index in [0.29, 0.717) is 17.4 Å². The van der Waals surface area contributed by atoms with Crippen LogP contribution in [-0.4, -0.2) is 55.6 Å². The first-order valence-corrected chi connectivity index (χ1v) is 8.02. The number of carbonyl (C=O) groups excluding carboxylic acids is 1. The Bertz CT molecular complexity index is 764. The van der Waals surface area contributed by atoms with Gasteiger partial charge in [-0.1, -0.05) is 6.07 Å². The van der Waals surface area contributed by atoms with Crippen LogP contribution in [-0.2, 0) is 0 Å². The van der Waals surface area contributed by atoms with Gasteiger partial charge in [-0.05, 0) is 29.8 Å². The predicted molar refractivity (Wildman–Crippen MR) is 96.1 cm³/mol. The first-order valence-electron chi connectivity index (χ1n) is 8.02. The Balaban J connectivity index is 2.37. The third-order valence-electron chi connectivity index (χ3n) is 3.97. The zero-order chi connectivity index (χ0) is 20.0. The maximum atomic E-state index is 11.0. The molecular weight excluding hydrogens is 356 g/mol. The number of rotatable bonds is 9. The number of hydrogen-bond acceptors (Lipinski definition) is 8. The molecular formula is C19H22O8. The van der Waals surface area contributed by atoms with Crippen LogP contribution in [0.15, 0.2) is 30.3 Å². The molecule has 0 saturated heterocycles. The molecule has 27 heavy (non-hydrogen) atoms. The summed E-state index contributed by atoms with van der Waals surface area (Å²) >= 11 is 0. The lowest BCUT2D eigenvalue weighted by Crippen LogP contribution is -2.29. The van der Waals surface area contributed by atoms with E-state index in [2.05, 4.69) is 0 Å². The summed E-state index contributed by atoms with van der Waals surface area (Å²) in [6.07, 6.45) is -1.69. The van der Waals surface area contributed by atoms with Crippen LogP contribution < -0.4 is 18.9 Å². The monoisotopic (exact) mass is 378 g/mol. The van der Waals surface area contributed by atoms with Gasteiger partial charge in [-0.2, -0.15) is 0 Å². The van der Waals surface area contributed by atoms with Gasteiger partial charge in [0.15, 0.2) is 29.1 Å². The molecule has 0 aliphatic carbocycles. The number of aliphatic hydroxyl groups excluding tert-OH is 2. The summed E-state index contributed by atoms with van der Waals surface area (Å²) < 4.78 is 21.3. The second-order valence-electron chi connectivity index (χ2n) is 5.59. The molecule has 0 aromatic heterocycles. The molecule has 8 heteroatoms. The van der Waals surface area contributed by atoms with Crippen molar-refractivity contribution in [1.29, 1.82) is 0 Å². The van der Waals surface area contributed by atoms with Crippen LogP contribution >= 0.6 is 0 Å². The van der Waals surface area contributed by atoms with Gasteiger partial charge in [-0.25, -0.2) is 0 Å². The van der Waals surface area contributed by atoms with Gasteiger partial charge in [-0.3, -0.25) is 4.79 Å². The highest BCUT2D eigenvalue weighted by molar-refractivity contribution is 5.78. The number of aliphatic hydroxyl groups is 2. The minimum absolute atomic E-state index is 0.0808. The van der Waals surface area contributed by atoms with Gasteiger partial charge in [0.25, 0.3) is 0 Å². The summed E-state index contributed by atoms with van der Waals surface area (Å²) in [5, 5.41) is 30.0. The van der Waals surface area contributed by atoms with E-state index in [0.717, 1.165) is 0 Å². The lowest BCUT2D eigenvalue weighted by molar-refractivity contribution is -0.00175. The van der Waals surface area contributed by atoms with Crippen LogP contribution in [0.2, 0.25) is 0 Å². The average molecular weight is 378 g/mol. The number of phenols is 1.